The fraction of sp³-hybridized carbons (Fsp3) is 0.793. The summed E-state index contributed by atoms with van der Waals surface area (Å²) in [7, 11) is 0. The summed E-state index contributed by atoms with van der Waals surface area (Å²) >= 11 is 0. The Morgan fingerprint density at radius 1 is 0.710 bits per heavy atom. The van der Waals surface area contributed by atoms with Gasteiger partial charge in [-0.2, -0.15) is 0 Å². The number of unbranched alkanes of at least 4 members (excludes halogenated alkanes) is 1. The molecule has 3 fully saturated rings. The van der Waals surface area contributed by atoms with E-state index in [1.54, 1.807) is 0 Å². The Balaban J connectivity index is 1.12. The molecule has 1 aromatic carbocycles. The number of ether oxygens (including phenoxy) is 2. The zero-order valence-corrected chi connectivity index (χ0v) is 20.2. The molecule has 0 N–H and O–H groups in total. The second kappa shape index (κ2) is 11.8. The predicted molar refractivity (Wildman–Crippen MR) is 129 cm³/mol. The first-order chi connectivity index (χ1) is 15.2. The topological polar surface area (TPSA) is 18.5 Å². The van der Waals surface area contributed by atoms with Crippen LogP contribution in [-0.4, -0.2) is 19.5 Å². The van der Waals surface area contributed by atoms with E-state index in [-0.39, 0.29) is 6.29 Å². The first-order valence-electron chi connectivity index (χ1n) is 13.5. The molecule has 0 radical (unpaired) electrons. The van der Waals surface area contributed by atoms with E-state index >= 15 is 0 Å². The summed E-state index contributed by atoms with van der Waals surface area (Å²) in [6, 6.07) is 9.17. The van der Waals surface area contributed by atoms with Crippen LogP contribution >= 0.6 is 0 Å². The molecule has 2 aliphatic carbocycles. The normalized spacial score (nSPS) is 34.5. The lowest BCUT2D eigenvalue weighted by Gasteiger charge is -2.41. The second-order valence-electron chi connectivity index (χ2n) is 11.0. The molecule has 0 atom stereocenters. The first-order valence-corrected chi connectivity index (χ1v) is 13.5. The van der Waals surface area contributed by atoms with Gasteiger partial charge in [0.25, 0.3) is 0 Å². The number of hydrogen-bond donors (Lipinski definition) is 0. The molecule has 174 valence electrons. The van der Waals surface area contributed by atoms with Crippen molar-refractivity contribution in [1.29, 1.82) is 0 Å². The van der Waals surface area contributed by atoms with E-state index in [1.165, 1.54) is 94.6 Å². The van der Waals surface area contributed by atoms with Gasteiger partial charge in [-0.25, -0.2) is 0 Å². The van der Waals surface area contributed by atoms with Crippen LogP contribution in [0.5, 0.6) is 0 Å². The van der Waals surface area contributed by atoms with Gasteiger partial charge in [-0.1, -0.05) is 62.4 Å². The van der Waals surface area contributed by atoms with Crippen molar-refractivity contribution in [3.63, 3.8) is 0 Å². The van der Waals surface area contributed by atoms with Crippen LogP contribution in [0.2, 0.25) is 0 Å². The Morgan fingerprint density at radius 3 is 1.90 bits per heavy atom. The summed E-state index contributed by atoms with van der Waals surface area (Å²) in [5.41, 5.74) is 2.90. The minimum absolute atomic E-state index is 0.0938. The van der Waals surface area contributed by atoms with E-state index in [0.29, 0.717) is 11.8 Å². The quantitative estimate of drug-likeness (QED) is 0.423. The minimum Gasteiger partial charge on any atom is -0.352 e. The molecule has 4 rings (SSSR count). The summed E-state index contributed by atoms with van der Waals surface area (Å²) < 4.78 is 12.3. The largest absolute Gasteiger partial charge is 0.352 e. The van der Waals surface area contributed by atoms with Crippen LogP contribution in [0.25, 0.3) is 0 Å². The molecule has 1 heterocycles. The molecule has 0 unspecified atom stereocenters. The molecular weight excluding hydrogens is 380 g/mol. The van der Waals surface area contributed by atoms with Gasteiger partial charge in [0, 0.05) is 11.8 Å². The van der Waals surface area contributed by atoms with Crippen molar-refractivity contribution in [2.45, 2.75) is 104 Å². The SMILES string of the molecule is CCCCC1COC(C2CCC(C3CCC(CCc4ccc(C)cc4)CC3)CC2)OC1. The lowest BCUT2D eigenvalue weighted by molar-refractivity contribution is -0.230. The average molecular weight is 427 g/mol. The van der Waals surface area contributed by atoms with Crippen LogP contribution in [0.4, 0.5) is 0 Å². The van der Waals surface area contributed by atoms with Gasteiger partial charge in [-0.05, 0) is 88.0 Å². The van der Waals surface area contributed by atoms with E-state index in [4.69, 9.17) is 9.47 Å². The molecular formula is C29H46O2. The number of aryl methyl sites for hydroxylation is 2. The van der Waals surface area contributed by atoms with Gasteiger partial charge in [-0.3, -0.25) is 0 Å². The van der Waals surface area contributed by atoms with Crippen molar-refractivity contribution < 1.29 is 9.47 Å². The molecule has 31 heavy (non-hydrogen) atoms. The summed E-state index contributed by atoms with van der Waals surface area (Å²) in [6.45, 7) is 6.30. The van der Waals surface area contributed by atoms with Crippen molar-refractivity contribution in [1.82, 2.24) is 0 Å². The number of benzene rings is 1. The Kier molecular flexibility index (Phi) is 8.90. The lowest BCUT2D eigenvalue weighted by atomic mass is 9.68. The fourth-order valence-corrected chi connectivity index (χ4v) is 6.45. The van der Waals surface area contributed by atoms with Crippen molar-refractivity contribution >= 4 is 0 Å². The van der Waals surface area contributed by atoms with Crippen molar-refractivity contribution in [2.24, 2.45) is 29.6 Å². The Morgan fingerprint density at radius 2 is 1.29 bits per heavy atom. The van der Waals surface area contributed by atoms with Gasteiger partial charge in [0.2, 0.25) is 0 Å². The zero-order valence-electron chi connectivity index (χ0n) is 20.2. The number of hydrogen-bond acceptors (Lipinski definition) is 2. The maximum atomic E-state index is 6.17. The number of rotatable bonds is 8. The molecule has 1 aromatic rings. The molecule has 0 aromatic heterocycles. The van der Waals surface area contributed by atoms with Crippen LogP contribution in [0, 0.1) is 36.5 Å². The second-order valence-corrected chi connectivity index (χ2v) is 11.0. The highest BCUT2D eigenvalue weighted by atomic mass is 16.7. The van der Waals surface area contributed by atoms with Crippen molar-refractivity contribution in [3.8, 4) is 0 Å². The van der Waals surface area contributed by atoms with Crippen LogP contribution in [0.1, 0.15) is 95.1 Å². The van der Waals surface area contributed by atoms with E-state index in [0.717, 1.165) is 31.0 Å². The molecule has 0 spiro atoms. The Hall–Kier alpha value is -0.860. The smallest absolute Gasteiger partial charge is 0.160 e. The van der Waals surface area contributed by atoms with Crippen LogP contribution in [0.15, 0.2) is 24.3 Å². The molecule has 2 saturated carbocycles. The van der Waals surface area contributed by atoms with Gasteiger partial charge >= 0.3 is 0 Å². The molecule has 1 saturated heterocycles. The monoisotopic (exact) mass is 426 g/mol. The van der Waals surface area contributed by atoms with Crippen molar-refractivity contribution in [3.05, 3.63) is 35.4 Å². The molecule has 3 aliphatic rings. The summed E-state index contributed by atoms with van der Waals surface area (Å²) in [5.74, 6) is 4.19. The zero-order chi connectivity index (χ0) is 21.5. The third kappa shape index (κ3) is 6.81. The maximum absolute atomic E-state index is 6.17. The van der Waals surface area contributed by atoms with Crippen LogP contribution in [0.3, 0.4) is 0 Å². The maximum Gasteiger partial charge on any atom is 0.160 e. The molecule has 2 nitrogen and oxygen atoms in total. The fourth-order valence-electron chi connectivity index (χ4n) is 6.45. The standard InChI is InChI=1S/C29H46O2/c1-3-4-5-25-20-30-29(31-21-25)28-18-16-27(17-19-28)26-14-12-24(13-15-26)11-10-23-8-6-22(2)7-9-23/h6-9,24-29H,3-5,10-21H2,1-2H3. The highest BCUT2D eigenvalue weighted by molar-refractivity contribution is 5.21. The molecule has 0 amide bonds. The van der Waals surface area contributed by atoms with Gasteiger partial charge in [0.1, 0.15) is 0 Å². The van der Waals surface area contributed by atoms with Crippen LogP contribution < -0.4 is 0 Å². The summed E-state index contributed by atoms with van der Waals surface area (Å²) in [4.78, 5) is 0. The summed E-state index contributed by atoms with van der Waals surface area (Å²) in [5, 5.41) is 0. The van der Waals surface area contributed by atoms with Crippen molar-refractivity contribution in [2.75, 3.05) is 13.2 Å². The molecule has 1 aliphatic heterocycles. The van der Waals surface area contributed by atoms with Gasteiger partial charge in [0.15, 0.2) is 6.29 Å². The third-order valence-electron chi connectivity index (χ3n) is 8.68. The minimum atomic E-state index is 0.0938. The van der Waals surface area contributed by atoms with E-state index in [2.05, 4.69) is 38.1 Å². The predicted octanol–water partition coefficient (Wildman–Crippen LogP) is 7.72. The Bertz CT molecular complexity index is 615. The van der Waals surface area contributed by atoms with E-state index in [9.17, 15) is 0 Å². The van der Waals surface area contributed by atoms with E-state index in [1.807, 2.05) is 0 Å². The van der Waals surface area contributed by atoms with Crippen LogP contribution in [-0.2, 0) is 15.9 Å². The Labute approximate surface area is 191 Å². The first kappa shape index (κ1) is 23.3. The lowest BCUT2D eigenvalue weighted by Crippen LogP contribution is -2.39. The molecule has 0 bridgehead atoms. The summed E-state index contributed by atoms with van der Waals surface area (Å²) in [6.07, 6.45) is 17.9. The van der Waals surface area contributed by atoms with E-state index < -0.39 is 0 Å². The van der Waals surface area contributed by atoms with Gasteiger partial charge in [-0.15, -0.1) is 0 Å². The highest BCUT2D eigenvalue weighted by Gasteiger charge is 2.35. The molecule has 2 heteroatoms. The third-order valence-corrected chi connectivity index (χ3v) is 8.68. The van der Waals surface area contributed by atoms with Gasteiger partial charge in [0.05, 0.1) is 13.2 Å². The average Bonchev–Trinajstić information content (AvgIpc) is 2.83. The van der Waals surface area contributed by atoms with Gasteiger partial charge < -0.3 is 9.47 Å². The highest BCUT2D eigenvalue weighted by Crippen LogP contribution is 2.43.